The van der Waals surface area contributed by atoms with E-state index >= 15 is 0 Å². The molecule has 1 heterocycles. The number of aromatic nitrogens is 3. The number of nitrogens with two attached hydrogens (primary N) is 1. The SMILES string of the molecule is CCOc1ccccc1NC(=O)CSc1nnc(-c2cccc(OC)c2)n1N. The zero-order valence-electron chi connectivity index (χ0n) is 15.6. The van der Waals surface area contributed by atoms with E-state index in [2.05, 4.69) is 15.5 Å². The summed E-state index contributed by atoms with van der Waals surface area (Å²) in [6.07, 6.45) is 0. The van der Waals surface area contributed by atoms with Crippen LogP contribution in [0.25, 0.3) is 11.4 Å². The summed E-state index contributed by atoms with van der Waals surface area (Å²) in [4.78, 5) is 12.3. The van der Waals surface area contributed by atoms with E-state index in [-0.39, 0.29) is 11.7 Å². The van der Waals surface area contributed by atoms with Crippen molar-refractivity contribution in [1.82, 2.24) is 14.9 Å². The number of carbonyl (C=O) groups is 1. The maximum Gasteiger partial charge on any atom is 0.234 e. The van der Waals surface area contributed by atoms with Crippen LogP contribution in [0.15, 0.2) is 53.7 Å². The van der Waals surface area contributed by atoms with Gasteiger partial charge in [-0.05, 0) is 31.2 Å². The van der Waals surface area contributed by atoms with Crippen molar-refractivity contribution in [2.24, 2.45) is 0 Å². The number of carbonyl (C=O) groups excluding carboxylic acids is 1. The number of rotatable bonds is 8. The number of benzene rings is 2. The van der Waals surface area contributed by atoms with Gasteiger partial charge in [-0.25, -0.2) is 4.68 Å². The molecule has 0 atom stereocenters. The molecule has 0 aliphatic heterocycles. The van der Waals surface area contributed by atoms with E-state index in [1.54, 1.807) is 13.2 Å². The largest absolute Gasteiger partial charge is 0.497 e. The van der Waals surface area contributed by atoms with Gasteiger partial charge < -0.3 is 20.6 Å². The Morgan fingerprint density at radius 2 is 2.04 bits per heavy atom. The second kappa shape index (κ2) is 9.14. The van der Waals surface area contributed by atoms with Gasteiger partial charge in [-0.1, -0.05) is 36.0 Å². The molecular weight excluding hydrogens is 378 g/mol. The molecule has 0 unspecified atom stereocenters. The van der Waals surface area contributed by atoms with Crippen LogP contribution in [-0.2, 0) is 4.79 Å². The van der Waals surface area contributed by atoms with Crippen molar-refractivity contribution in [3.63, 3.8) is 0 Å². The van der Waals surface area contributed by atoms with Crippen molar-refractivity contribution < 1.29 is 14.3 Å². The van der Waals surface area contributed by atoms with Crippen molar-refractivity contribution in [2.45, 2.75) is 12.1 Å². The topological polar surface area (TPSA) is 104 Å². The first-order valence-electron chi connectivity index (χ1n) is 8.61. The fraction of sp³-hybridized carbons (Fsp3) is 0.211. The molecule has 3 N–H and O–H groups in total. The van der Waals surface area contributed by atoms with Gasteiger partial charge in [0.25, 0.3) is 0 Å². The Morgan fingerprint density at radius 1 is 1.21 bits per heavy atom. The smallest absolute Gasteiger partial charge is 0.234 e. The van der Waals surface area contributed by atoms with Crippen LogP contribution in [-0.4, -0.2) is 40.3 Å². The lowest BCUT2D eigenvalue weighted by Gasteiger charge is -2.11. The van der Waals surface area contributed by atoms with Gasteiger partial charge in [0.05, 0.1) is 25.2 Å². The fourth-order valence-corrected chi connectivity index (χ4v) is 3.16. The van der Waals surface area contributed by atoms with E-state index in [9.17, 15) is 4.79 Å². The zero-order valence-corrected chi connectivity index (χ0v) is 16.4. The molecule has 28 heavy (non-hydrogen) atoms. The summed E-state index contributed by atoms with van der Waals surface area (Å²) in [6.45, 7) is 2.41. The normalized spacial score (nSPS) is 10.5. The van der Waals surface area contributed by atoms with Crippen molar-refractivity contribution in [1.29, 1.82) is 0 Å². The third-order valence-corrected chi connectivity index (χ3v) is 4.73. The Kier molecular flexibility index (Phi) is 6.38. The van der Waals surface area contributed by atoms with Crippen LogP contribution in [0.1, 0.15) is 6.92 Å². The quantitative estimate of drug-likeness (QED) is 0.443. The monoisotopic (exact) mass is 399 g/mol. The zero-order chi connectivity index (χ0) is 19.9. The number of thioether (sulfide) groups is 1. The highest BCUT2D eigenvalue weighted by molar-refractivity contribution is 7.99. The number of hydrogen-bond donors (Lipinski definition) is 2. The maximum absolute atomic E-state index is 12.3. The van der Waals surface area contributed by atoms with Crippen molar-refractivity contribution in [2.75, 3.05) is 30.6 Å². The van der Waals surface area contributed by atoms with Gasteiger partial charge in [0, 0.05) is 5.56 Å². The Labute approximate surface area is 167 Å². The Morgan fingerprint density at radius 3 is 2.82 bits per heavy atom. The Bertz CT molecular complexity index is 960. The molecule has 0 saturated carbocycles. The van der Waals surface area contributed by atoms with Crippen LogP contribution in [0.5, 0.6) is 11.5 Å². The molecule has 1 amide bonds. The third-order valence-electron chi connectivity index (χ3n) is 3.79. The van der Waals surface area contributed by atoms with Crippen LogP contribution in [0.3, 0.4) is 0 Å². The summed E-state index contributed by atoms with van der Waals surface area (Å²) in [6, 6.07) is 14.7. The molecule has 0 radical (unpaired) electrons. The predicted octanol–water partition coefficient (Wildman–Crippen LogP) is 2.80. The molecule has 8 nitrogen and oxygen atoms in total. The van der Waals surface area contributed by atoms with E-state index in [0.29, 0.717) is 34.8 Å². The first kappa shape index (κ1) is 19.6. The molecule has 3 rings (SSSR count). The molecule has 0 bridgehead atoms. The number of hydrogen-bond acceptors (Lipinski definition) is 7. The lowest BCUT2D eigenvalue weighted by Crippen LogP contribution is -2.17. The summed E-state index contributed by atoms with van der Waals surface area (Å²) in [5.74, 6) is 7.86. The summed E-state index contributed by atoms with van der Waals surface area (Å²) >= 11 is 1.20. The van der Waals surface area contributed by atoms with Gasteiger partial charge in [0.15, 0.2) is 5.82 Å². The van der Waals surface area contributed by atoms with Gasteiger partial charge in [-0.3, -0.25) is 4.79 Å². The van der Waals surface area contributed by atoms with Gasteiger partial charge in [0.1, 0.15) is 11.5 Å². The first-order chi connectivity index (χ1) is 13.6. The number of anilines is 1. The molecule has 0 aliphatic carbocycles. The number of amides is 1. The molecule has 0 saturated heterocycles. The van der Waals surface area contributed by atoms with Gasteiger partial charge in [0.2, 0.25) is 11.1 Å². The number of nitrogens with zero attached hydrogens (tertiary/aromatic N) is 3. The summed E-state index contributed by atoms with van der Waals surface area (Å²) < 4.78 is 12.1. The van der Waals surface area contributed by atoms with E-state index in [1.807, 2.05) is 49.4 Å². The molecule has 3 aromatic rings. The minimum Gasteiger partial charge on any atom is -0.497 e. The van der Waals surface area contributed by atoms with Crippen molar-refractivity contribution >= 4 is 23.4 Å². The van der Waals surface area contributed by atoms with Crippen LogP contribution < -0.4 is 20.6 Å². The molecule has 146 valence electrons. The Balaban J connectivity index is 1.65. The number of nitrogens with one attached hydrogen (secondary N) is 1. The summed E-state index contributed by atoms with van der Waals surface area (Å²) in [5, 5.41) is 11.5. The highest BCUT2D eigenvalue weighted by Gasteiger charge is 2.15. The van der Waals surface area contributed by atoms with E-state index in [4.69, 9.17) is 15.3 Å². The third kappa shape index (κ3) is 4.55. The molecular formula is C19H21N5O3S. The lowest BCUT2D eigenvalue weighted by molar-refractivity contribution is -0.113. The number of methoxy groups -OCH3 is 1. The van der Waals surface area contributed by atoms with Crippen molar-refractivity contribution in [3.8, 4) is 22.9 Å². The molecule has 0 fully saturated rings. The molecule has 1 aromatic heterocycles. The maximum atomic E-state index is 12.3. The minimum absolute atomic E-state index is 0.133. The van der Waals surface area contributed by atoms with Gasteiger partial charge in [-0.15, -0.1) is 10.2 Å². The average molecular weight is 399 g/mol. The summed E-state index contributed by atoms with van der Waals surface area (Å²) in [5.41, 5.74) is 1.40. The molecule has 2 aromatic carbocycles. The molecule has 0 aliphatic rings. The van der Waals surface area contributed by atoms with E-state index in [0.717, 1.165) is 5.56 Å². The number of nitrogen functional groups attached to an aromatic ring is 1. The lowest BCUT2D eigenvalue weighted by atomic mass is 10.2. The second-order valence-corrected chi connectivity index (χ2v) is 6.62. The first-order valence-corrected chi connectivity index (χ1v) is 9.60. The highest BCUT2D eigenvalue weighted by Crippen LogP contribution is 2.26. The van der Waals surface area contributed by atoms with Gasteiger partial charge >= 0.3 is 0 Å². The minimum atomic E-state index is -0.192. The van der Waals surface area contributed by atoms with Crippen LogP contribution >= 0.6 is 11.8 Å². The van der Waals surface area contributed by atoms with Crippen molar-refractivity contribution in [3.05, 3.63) is 48.5 Å². The number of para-hydroxylation sites is 2. The van der Waals surface area contributed by atoms with E-state index < -0.39 is 0 Å². The second-order valence-electron chi connectivity index (χ2n) is 5.67. The number of ether oxygens (including phenoxy) is 2. The highest BCUT2D eigenvalue weighted by atomic mass is 32.2. The average Bonchev–Trinajstić information content (AvgIpc) is 3.08. The fourth-order valence-electron chi connectivity index (χ4n) is 2.50. The molecule has 9 heteroatoms. The van der Waals surface area contributed by atoms with Crippen LogP contribution in [0, 0.1) is 0 Å². The van der Waals surface area contributed by atoms with Crippen LogP contribution in [0.4, 0.5) is 5.69 Å². The molecule has 0 spiro atoms. The van der Waals surface area contributed by atoms with Gasteiger partial charge in [-0.2, -0.15) is 0 Å². The van der Waals surface area contributed by atoms with Crippen LogP contribution in [0.2, 0.25) is 0 Å². The standard InChI is InChI=1S/C19H21N5O3S/c1-3-27-16-10-5-4-9-15(16)21-17(25)12-28-19-23-22-18(24(19)20)13-7-6-8-14(11-13)26-2/h4-11H,3,12,20H2,1-2H3,(H,21,25). The van der Waals surface area contributed by atoms with E-state index in [1.165, 1.54) is 16.4 Å². The summed E-state index contributed by atoms with van der Waals surface area (Å²) in [7, 11) is 1.59. The predicted molar refractivity (Wildman–Crippen MR) is 109 cm³/mol. The Hall–Kier alpha value is -3.20.